The minimum Gasteiger partial charge on any atom is -0.350 e. The lowest BCUT2D eigenvalue weighted by atomic mass is 9.87. The fourth-order valence-electron chi connectivity index (χ4n) is 3.25. The monoisotopic (exact) mass is 353 g/mol. The van der Waals surface area contributed by atoms with Gasteiger partial charge in [-0.3, -0.25) is 9.59 Å². The van der Waals surface area contributed by atoms with Crippen LogP contribution < -0.4 is 11.1 Å². The highest BCUT2D eigenvalue weighted by atomic mass is 35.5. The van der Waals surface area contributed by atoms with Crippen molar-refractivity contribution in [2.45, 2.75) is 51.0 Å². The molecule has 1 saturated heterocycles. The van der Waals surface area contributed by atoms with Crippen LogP contribution in [-0.2, 0) is 9.59 Å². The molecular weight excluding hydrogens is 328 g/mol. The molecule has 1 aliphatic heterocycles. The molecular formula is C15H26ClF2N3O2. The number of carbonyl (C=O) groups is 2. The Morgan fingerprint density at radius 3 is 2.52 bits per heavy atom. The van der Waals surface area contributed by atoms with Gasteiger partial charge < -0.3 is 16.0 Å². The largest absolute Gasteiger partial charge is 0.350 e. The Balaban J connectivity index is 0.00000264. The third kappa shape index (κ3) is 5.28. The Hall–Kier alpha value is -0.950. The molecule has 0 radical (unpaired) electrons. The molecule has 2 rings (SSSR count). The summed E-state index contributed by atoms with van der Waals surface area (Å²) in [6.07, 6.45) is 4.23. The molecule has 5 nitrogen and oxygen atoms in total. The van der Waals surface area contributed by atoms with Crippen molar-refractivity contribution >= 4 is 24.2 Å². The first-order chi connectivity index (χ1) is 10.3. The van der Waals surface area contributed by atoms with Gasteiger partial charge in [0.1, 0.15) is 0 Å². The zero-order valence-electron chi connectivity index (χ0n) is 13.4. The van der Waals surface area contributed by atoms with Crippen LogP contribution >= 0.6 is 12.4 Å². The number of alkyl halides is 2. The molecule has 0 bridgehead atoms. The summed E-state index contributed by atoms with van der Waals surface area (Å²) >= 11 is 0. The first-order valence-corrected chi connectivity index (χ1v) is 7.97. The SMILES string of the molecule is CC1CCC(N2CC(C(=O)NCC(F)(F)CN)CC2=O)CC1.Cl. The average molecular weight is 354 g/mol. The van der Waals surface area contributed by atoms with E-state index < -0.39 is 30.8 Å². The molecule has 23 heavy (non-hydrogen) atoms. The van der Waals surface area contributed by atoms with Crippen LogP contribution in [0, 0.1) is 11.8 Å². The molecule has 2 amide bonds. The van der Waals surface area contributed by atoms with Crippen LogP contribution in [0.3, 0.4) is 0 Å². The number of rotatable bonds is 5. The van der Waals surface area contributed by atoms with Crippen LogP contribution in [0.4, 0.5) is 8.78 Å². The maximum atomic E-state index is 13.1. The lowest BCUT2D eigenvalue weighted by Gasteiger charge is -2.33. The summed E-state index contributed by atoms with van der Waals surface area (Å²) in [5, 5.41) is 2.22. The van der Waals surface area contributed by atoms with Crippen molar-refractivity contribution in [3.8, 4) is 0 Å². The van der Waals surface area contributed by atoms with Gasteiger partial charge in [0.15, 0.2) is 0 Å². The van der Waals surface area contributed by atoms with Gasteiger partial charge in [0.25, 0.3) is 5.92 Å². The van der Waals surface area contributed by atoms with Crippen LogP contribution in [-0.4, -0.2) is 48.3 Å². The Labute approximate surface area is 141 Å². The lowest BCUT2D eigenvalue weighted by Crippen LogP contribution is -2.44. The number of halogens is 3. The Morgan fingerprint density at radius 1 is 1.35 bits per heavy atom. The fraction of sp³-hybridized carbons (Fsp3) is 0.867. The molecule has 1 unspecified atom stereocenters. The Morgan fingerprint density at radius 2 is 1.96 bits per heavy atom. The van der Waals surface area contributed by atoms with E-state index in [9.17, 15) is 18.4 Å². The van der Waals surface area contributed by atoms with Gasteiger partial charge in [-0.25, -0.2) is 8.78 Å². The average Bonchev–Trinajstić information content (AvgIpc) is 2.88. The molecule has 3 N–H and O–H groups in total. The molecule has 0 aromatic heterocycles. The number of nitrogens with two attached hydrogens (primary N) is 1. The van der Waals surface area contributed by atoms with Crippen molar-refractivity contribution in [2.24, 2.45) is 17.6 Å². The highest BCUT2D eigenvalue weighted by molar-refractivity contribution is 5.89. The summed E-state index contributed by atoms with van der Waals surface area (Å²) in [5.74, 6) is -3.46. The fourth-order valence-corrected chi connectivity index (χ4v) is 3.25. The van der Waals surface area contributed by atoms with Gasteiger partial charge in [0.2, 0.25) is 11.8 Å². The number of carbonyl (C=O) groups excluding carboxylic acids is 2. The van der Waals surface area contributed by atoms with E-state index in [1.807, 2.05) is 0 Å². The van der Waals surface area contributed by atoms with Gasteiger partial charge in [-0.1, -0.05) is 6.92 Å². The van der Waals surface area contributed by atoms with Crippen molar-refractivity contribution in [3.63, 3.8) is 0 Å². The zero-order chi connectivity index (χ0) is 16.3. The Bertz CT molecular complexity index is 429. The molecule has 8 heteroatoms. The summed E-state index contributed by atoms with van der Waals surface area (Å²) in [7, 11) is 0. The van der Waals surface area contributed by atoms with E-state index >= 15 is 0 Å². The van der Waals surface area contributed by atoms with E-state index in [1.165, 1.54) is 0 Å². The molecule has 1 atom stereocenters. The van der Waals surface area contributed by atoms with Gasteiger partial charge in [-0.05, 0) is 31.6 Å². The van der Waals surface area contributed by atoms with Crippen molar-refractivity contribution in [3.05, 3.63) is 0 Å². The van der Waals surface area contributed by atoms with E-state index in [0.29, 0.717) is 12.5 Å². The topological polar surface area (TPSA) is 75.4 Å². The van der Waals surface area contributed by atoms with Crippen molar-refractivity contribution in [1.82, 2.24) is 10.2 Å². The molecule has 1 heterocycles. The molecule has 1 aliphatic carbocycles. The first kappa shape index (κ1) is 20.1. The summed E-state index contributed by atoms with van der Waals surface area (Å²) in [4.78, 5) is 25.8. The van der Waals surface area contributed by atoms with E-state index in [4.69, 9.17) is 5.73 Å². The van der Waals surface area contributed by atoms with Crippen LogP contribution in [0.5, 0.6) is 0 Å². The number of hydrogen-bond donors (Lipinski definition) is 2. The van der Waals surface area contributed by atoms with Crippen molar-refractivity contribution in [2.75, 3.05) is 19.6 Å². The van der Waals surface area contributed by atoms with Crippen molar-refractivity contribution < 1.29 is 18.4 Å². The molecule has 0 aromatic carbocycles. The second-order valence-electron chi connectivity index (χ2n) is 6.64. The molecule has 0 spiro atoms. The normalized spacial score (nSPS) is 28.4. The molecule has 0 aromatic rings. The smallest absolute Gasteiger partial charge is 0.277 e. The van der Waals surface area contributed by atoms with E-state index in [1.54, 1.807) is 4.90 Å². The van der Waals surface area contributed by atoms with Gasteiger partial charge in [0.05, 0.1) is 19.0 Å². The maximum absolute atomic E-state index is 13.1. The number of hydrogen-bond acceptors (Lipinski definition) is 3. The molecule has 1 saturated carbocycles. The van der Waals surface area contributed by atoms with E-state index in [0.717, 1.165) is 25.7 Å². The third-order valence-electron chi connectivity index (χ3n) is 4.78. The van der Waals surface area contributed by atoms with Crippen molar-refractivity contribution in [1.29, 1.82) is 0 Å². The number of nitrogens with one attached hydrogen (secondary N) is 1. The second kappa shape index (κ2) is 8.24. The van der Waals surface area contributed by atoms with Crippen LogP contribution in [0.15, 0.2) is 0 Å². The molecule has 134 valence electrons. The van der Waals surface area contributed by atoms with Gasteiger partial charge >= 0.3 is 0 Å². The standard InChI is InChI=1S/C15H25F2N3O2.ClH/c1-10-2-4-12(5-3-10)20-7-11(6-13(20)21)14(22)19-9-15(16,17)8-18;/h10-12H,2-9,18H2,1H3,(H,19,22);1H. The molecule has 2 fully saturated rings. The van der Waals surface area contributed by atoms with E-state index in [-0.39, 0.29) is 30.8 Å². The molecule has 2 aliphatic rings. The highest BCUT2D eigenvalue weighted by Gasteiger charge is 2.39. The summed E-state index contributed by atoms with van der Waals surface area (Å²) in [5.41, 5.74) is 4.94. The van der Waals surface area contributed by atoms with Gasteiger partial charge in [0, 0.05) is 19.0 Å². The quantitative estimate of drug-likeness (QED) is 0.787. The number of nitrogens with zero attached hydrogens (tertiary/aromatic N) is 1. The Kier molecular flexibility index (Phi) is 7.20. The minimum atomic E-state index is -3.10. The van der Waals surface area contributed by atoms with E-state index in [2.05, 4.69) is 12.2 Å². The predicted molar refractivity (Wildman–Crippen MR) is 85.5 cm³/mol. The minimum absolute atomic E-state index is 0. The van der Waals surface area contributed by atoms with Crippen LogP contribution in [0.2, 0.25) is 0 Å². The first-order valence-electron chi connectivity index (χ1n) is 7.97. The predicted octanol–water partition coefficient (Wildman–Crippen LogP) is 1.55. The second-order valence-corrected chi connectivity index (χ2v) is 6.64. The van der Waals surface area contributed by atoms with Gasteiger partial charge in [-0.2, -0.15) is 0 Å². The third-order valence-corrected chi connectivity index (χ3v) is 4.78. The summed E-state index contributed by atoms with van der Waals surface area (Å²) < 4.78 is 26.1. The number of likely N-dealkylation sites (tertiary alicyclic amines) is 1. The van der Waals surface area contributed by atoms with Crippen LogP contribution in [0.1, 0.15) is 39.0 Å². The lowest BCUT2D eigenvalue weighted by molar-refractivity contribution is -0.131. The summed E-state index contributed by atoms with van der Waals surface area (Å²) in [6.45, 7) is 0.977. The van der Waals surface area contributed by atoms with Crippen LogP contribution in [0.25, 0.3) is 0 Å². The zero-order valence-corrected chi connectivity index (χ0v) is 14.2. The van der Waals surface area contributed by atoms with Gasteiger partial charge in [-0.15, -0.1) is 12.4 Å². The highest BCUT2D eigenvalue weighted by Crippen LogP contribution is 2.31. The summed E-state index contributed by atoms with van der Waals surface area (Å²) in [6, 6.07) is 0.201. The maximum Gasteiger partial charge on any atom is 0.277 e. The number of amides is 2.